The second-order valence-electron chi connectivity index (χ2n) is 5.95. The molecular weight excluding hydrogens is 404 g/mol. The van der Waals surface area contributed by atoms with Crippen LogP contribution >= 0.6 is 11.8 Å². The molecule has 3 rings (SSSR count). The molecular formula is C19H15F2N3O4S. The van der Waals surface area contributed by atoms with Crippen molar-refractivity contribution in [3.8, 4) is 5.75 Å². The van der Waals surface area contributed by atoms with Crippen molar-refractivity contribution in [2.75, 3.05) is 0 Å². The number of benzene rings is 2. The lowest BCUT2D eigenvalue weighted by Gasteiger charge is -2.07. The van der Waals surface area contributed by atoms with Gasteiger partial charge in [0.2, 0.25) is 5.91 Å². The number of ether oxygens (including phenoxy) is 1. The zero-order chi connectivity index (χ0) is 20.8. The summed E-state index contributed by atoms with van der Waals surface area (Å²) in [5, 5.41) is 18.2. The third-order valence-electron chi connectivity index (χ3n) is 3.76. The summed E-state index contributed by atoms with van der Waals surface area (Å²) in [5.41, 5.74) is 1.11. The Kier molecular flexibility index (Phi) is 6.55. The van der Waals surface area contributed by atoms with Crippen LogP contribution < -0.4 is 10.1 Å². The zero-order valence-corrected chi connectivity index (χ0v) is 15.7. The monoisotopic (exact) mass is 419 g/mol. The second-order valence-corrected chi connectivity index (χ2v) is 7.14. The Morgan fingerprint density at radius 1 is 1.24 bits per heavy atom. The normalized spacial score (nSPS) is 17.7. The van der Waals surface area contributed by atoms with Crippen molar-refractivity contribution in [3.63, 3.8) is 0 Å². The molecule has 0 bridgehead atoms. The van der Waals surface area contributed by atoms with Crippen molar-refractivity contribution in [1.82, 2.24) is 5.32 Å². The van der Waals surface area contributed by atoms with Crippen molar-refractivity contribution in [1.29, 1.82) is 0 Å². The molecule has 0 spiro atoms. The molecule has 10 heteroatoms. The Balaban J connectivity index is 1.58. The summed E-state index contributed by atoms with van der Waals surface area (Å²) >= 11 is 0.970. The maximum atomic E-state index is 14.2. The number of carboxylic acid groups (broad SMARTS) is 1. The Morgan fingerprint density at radius 2 is 2.00 bits per heavy atom. The third-order valence-corrected chi connectivity index (χ3v) is 4.83. The van der Waals surface area contributed by atoms with E-state index >= 15 is 0 Å². The summed E-state index contributed by atoms with van der Waals surface area (Å²) in [4.78, 5) is 22.3. The highest BCUT2D eigenvalue weighted by atomic mass is 32.2. The molecule has 1 atom stereocenters. The molecule has 2 aromatic rings. The summed E-state index contributed by atoms with van der Waals surface area (Å²) in [6.07, 6.45) is 0.973. The van der Waals surface area contributed by atoms with Crippen LogP contribution in [-0.4, -0.2) is 33.6 Å². The Morgan fingerprint density at radius 3 is 2.69 bits per heavy atom. The van der Waals surface area contributed by atoms with E-state index in [1.807, 2.05) is 0 Å². The topological polar surface area (TPSA) is 100 Å². The number of thioether (sulfide) groups is 1. The van der Waals surface area contributed by atoms with Crippen LogP contribution in [0.2, 0.25) is 0 Å². The molecule has 1 amide bonds. The molecule has 2 aromatic carbocycles. The van der Waals surface area contributed by atoms with Crippen LogP contribution in [0.25, 0.3) is 0 Å². The number of halogens is 2. The molecule has 1 saturated heterocycles. The fraction of sp³-hybridized carbons (Fsp3) is 0.158. The van der Waals surface area contributed by atoms with Crippen LogP contribution in [0.5, 0.6) is 5.75 Å². The van der Waals surface area contributed by atoms with Gasteiger partial charge < -0.3 is 15.2 Å². The molecule has 1 fully saturated rings. The van der Waals surface area contributed by atoms with Gasteiger partial charge >= 0.3 is 5.97 Å². The molecule has 2 N–H and O–H groups in total. The van der Waals surface area contributed by atoms with Crippen LogP contribution in [-0.2, 0) is 16.2 Å². The van der Waals surface area contributed by atoms with Gasteiger partial charge in [-0.25, -0.2) is 8.78 Å². The number of rotatable bonds is 7. The smallest absolute Gasteiger partial charge is 0.305 e. The number of amidine groups is 1. The molecule has 7 nitrogen and oxygen atoms in total. The van der Waals surface area contributed by atoms with Crippen LogP contribution in [0.1, 0.15) is 17.5 Å². The van der Waals surface area contributed by atoms with Crippen LogP contribution in [0.15, 0.2) is 52.7 Å². The van der Waals surface area contributed by atoms with Gasteiger partial charge in [-0.1, -0.05) is 23.9 Å². The Labute approximate surface area is 168 Å². The number of nitrogens with one attached hydrogen (secondary N) is 1. The van der Waals surface area contributed by atoms with E-state index in [0.29, 0.717) is 11.1 Å². The van der Waals surface area contributed by atoms with Gasteiger partial charge in [-0.05, 0) is 41.5 Å². The molecule has 29 heavy (non-hydrogen) atoms. The maximum Gasteiger partial charge on any atom is 0.305 e. The van der Waals surface area contributed by atoms with Gasteiger partial charge in [-0.2, -0.15) is 5.10 Å². The summed E-state index contributed by atoms with van der Waals surface area (Å²) < 4.78 is 32.4. The van der Waals surface area contributed by atoms with Gasteiger partial charge in [0, 0.05) is 0 Å². The van der Waals surface area contributed by atoms with Crippen LogP contribution in [0.4, 0.5) is 8.78 Å². The molecule has 0 aliphatic carbocycles. The van der Waals surface area contributed by atoms with Gasteiger partial charge in [-0.15, -0.1) is 5.10 Å². The minimum absolute atomic E-state index is 0.0351. The van der Waals surface area contributed by atoms with E-state index in [4.69, 9.17) is 9.84 Å². The van der Waals surface area contributed by atoms with Gasteiger partial charge in [0.15, 0.2) is 16.7 Å². The summed E-state index contributed by atoms with van der Waals surface area (Å²) in [5.74, 6) is -2.46. The number of hydrogen-bond acceptors (Lipinski definition) is 6. The lowest BCUT2D eigenvalue weighted by molar-refractivity contribution is -0.138. The van der Waals surface area contributed by atoms with Crippen LogP contribution in [0.3, 0.4) is 0 Å². The van der Waals surface area contributed by atoms with E-state index in [0.717, 1.165) is 11.8 Å². The van der Waals surface area contributed by atoms with Crippen LogP contribution in [0, 0.1) is 11.6 Å². The lowest BCUT2D eigenvalue weighted by atomic mass is 10.2. The molecule has 150 valence electrons. The van der Waals surface area contributed by atoms with Crippen molar-refractivity contribution in [3.05, 3.63) is 65.2 Å². The number of aliphatic carboxylic acids is 1. The van der Waals surface area contributed by atoms with E-state index in [9.17, 15) is 18.4 Å². The first-order valence-electron chi connectivity index (χ1n) is 8.38. The van der Waals surface area contributed by atoms with Crippen molar-refractivity contribution in [2.45, 2.75) is 18.3 Å². The SMILES string of the molecule is O=C(O)CC1SC(=NN=Cc2ccc(OCc3ccc(F)cc3)c(F)c2)NC1=O. The van der Waals surface area contributed by atoms with Gasteiger partial charge in [0.05, 0.1) is 12.6 Å². The van der Waals surface area contributed by atoms with E-state index in [-0.39, 0.29) is 29.8 Å². The first-order chi connectivity index (χ1) is 13.9. The number of carboxylic acids is 1. The molecule has 0 radical (unpaired) electrons. The quantitative estimate of drug-likeness (QED) is 0.531. The number of carbonyl (C=O) groups is 2. The first kappa shape index (κ1) is 20.5. The van der Waals surface area contributed by atoms with Gasteiger partial charge in [0.1, 0.15) is 17.7 Å². The molecule has 0 saturated carbocycles. The van der Waals surface area contributed by atoms with Crippen molar-refractivity contribution in [2.24, 2.45) is 10.2 Å². The predicted octanol–water partition coefficient (Wildman–Crippen LogP) is 2.94. The predicted molar refractivity (Wildman–Crippen MR) is 104 cm³/mol. The number of hydrogen-bond donors (Lipinski definition) is 2. The standard InChI is InChI=1S/C19H15F2N3O4S/c20-13-4-1-11(2-5-13)10-28-15-6-3-12(7-14(15)21)9-22-24-19-23-18(27)16(29-19)8-17(25)26/h1-7,9,16H,8,10H2,(H,25,26)(H,23,24,27). The highest BCUT2D eigenvalue weighted by Gasteiger charge is 2.32. The fourth-order valence-corrected chi connectivity index (χ4v) is 3.26. The van der Waals surface area contributed by atoms with Gasteiger partial charge in [0.25, 0.3) is 0 Å². The maximum absolute atomic E-state index is 14.2. The summed E-state index contributed by atoms with van der Waals surface area (Å²) in [6, 6.07) is 9.90. The van der Waals surface area contributed by atoms with Crippen molar-refractivity contribution >= 4 is 35.0 Å². The average molecular weight is 419 g/mol. The third kappa shape index (κ3) is 5.85. The zero-order valence-electron chi connectivity index (χ0n) is 14.8. The number of carbonyl (C=O) groups excluding carboxylic acids is 1. The first-order valence-corrected chi connectivity index (χ1v) is 9.26. The Bertz CT molecular complexity index is 980. The van der Waals surface area contributed by atoms with E-state index in [1.165, 1.54) is 30.5 Å². The van der Waals surface area contributed by atoms with E-state index in [1.54, 1.807) is 18.2 Å². The van der Waals surface area contributed by atoms with Gasteiger partial charge in [-0.3, -0.25) is 9.59 Å². The lowest BCUT2D eigenvalue weighted by Crippen LogP contribution is -2.26. The number of nitrogens with zero attached hydrogens (tertiary/aromatic N) is 2. The highest BCUT2D eigenvalue weighted by molar-refractivity contribution is 8.15. The second kappa shape index (κ2) is 9.28. The highest BCUT2D eigenvalue weighted by Crippen LogP contribution is 2.22. The molecule has 1 unspecified atom stereocenters. The molecule has 1 heterocycles. The Hall–Kier alpha value is -3.27. The minimum atomic E-state index is -1.08. The number of amides is 1. The summed E-state index contributed by atoms with van der Waals surface area (Å²) in [6.45, 7) is 0.0900. The molecule has 1 aliphatic heterocycles. The van der Waals surface area contributed by atoms with Crippen molar-refractivity contribution < 1.29 is 28.2 Å². The minimum Gasteiger partial charge on any atom is -0.486 e. The molecule has 0 aromatic heterocycles. The average Bonchev–Trinajstić information content (AvgIpc) is 3.01. The summed E-state index contributed by atoms with van der Waals surface area (Å²) in [7, 11) is 0. The fourth-order valence-electron chi connectivity index (χ4n) is 2.35. The molecule has 1 aliphatic rings. The van der Waals surface area contributed by atoms with E-state index < -0.39 is 22.9 Å². The van der Waals surface area contributed by atoms with E-state index in [2.05, 4.69) is 15.5 Å². The largest absolute Gasteiger partial charge is 0.486 e.